The Hall–Kier alpha value is -2.15. The van der Waals surface area contributed by atoms with E-state index in [9.17, 15) is 0 Å². The molecule has 3 aliphatic rings. The van der Waals surface area contributed by atoms with Gasteiger partial charge >= 0.3 is 0 Å². The molecule has 5 rings (SSSR count). The fourth-order valence-electron chi connectivity index (χ4n) is 5.72. The number of likely N-dealkylation sites (tertiary alicyclic amines) is 1. The summed E-state index contributed by atoms with van der Waals surface area (Å²) < 4.78 is 24.0. The third kappa shape index (κ3) is 3.09. The van der Waals surface area contributed by atoms with Gasteiger partial charge in [-0.05, 0) is 50.2 Å². The molecule has 2 saturated heterocycles. The lowest BCUT2D eigenvalue weighted by Gasteiger charge is -2.48. The smallest absolute Gasteiger partial charge is 0.170 e. The number of pyridine rings is 1. The van der Waals surface area contributed by atoms with Crippen LogP contribution in [0.15, 0.2) is 42.7 Å². The number of rotatable bonds is 4. The van der Waals surface area contributed by atoms with Crippen LogP contribution in [-0.2, 0) is 14.9 Å². The lowest BCUT2D eigenvalue weighted by molar-refractivity contribution is -0.204. The zero-order valence-corrected chi connectivity index (χ0v) is 18.0. The van der Waals surface area contributed by atoms with Gasteiger partial charge in [-0.3, -0.25) is 4.98 Å². The molecule has 3 heterocycles. The van der Waals surface area contributed by atoms with Crippen LogP contribution in [0.4, 0.5) is 0 Å². The molecule has 2 aliphatic heterocycles. The van der Waals surface area contributed by atoms with E-state index in [-0.39, 0.29) is 11.5 Å². The summed E-state index contributed by atoms with van der Waals surface area (Å²) in [5.41, 5.74) is 2.50. The second kappa shape index (κ2) is 7.52. The zero-order valence-electron chi connectivity index (χ0n) is 18.0. The lowest BCUT2D eigenvalue weighted by atomic mass is 9.64. The number of hydrogen-bond donors (Lipinski definition) is 0. The van der Waals surface area contributed by atoms with Crippen molar-refractivity contribution in [2.24, 2.45) is 0 Å². The first-order valence-corrected chi connectivity index (χ1v) is 10.7. The molecule has 1 saturated carbocycles. The highest BCUT2D eigenvalue weighted by molar-refractivity contribution is 5.46. The Morgan fingerprint density at radius 3 is 2.73 bits per heavy atom. The van der Waals surface area contributed by atoms with Crippen LogP contribution in [0.1, 0.15) is 42.9 Å². The van der Waals surface area contributed by atoms with Crippen LogP contribution >= 0.6 is 0 Å². The molecule has 0 amide bonds. The summed E-state index contributed by atoms with van der Waals surface area (Å²) in [5, 5.41) is 0. The summed E-state index contributed by atoms with van der Waals surface area (Å²) in [4.78, 5) is 6.72. The topological polar surface area (TPSA) is 53.1 Å². The van der Waals surface area contributed by atoms with Gasteiger partial charge in [0.25, 0.3) is 0 Å². The van der Waals surface area contributed by atoms with Crippen molar-refractivity contribution < 1.29 is 18.9 Å². The first-order valence-electron chi connectivity index (χ1n) is 10.7. The standard InChI is InChI=1S/C24H30N2O4/c1-26-12-10-23(18-6-7-19(27-2)20(13-18)28-3)8-9-24(14-22(23)26)29-16-21(30-24)17-5-4-11-25-15-17/h4-7,11,13,15,21-22H,8-10,12,14,16H2,1-3H3/t21-,22?,23?,24?/m1/s1. The fraction of sp³-hybridized carbons (Fsp3) is 0.542. The van der Waals surface area contributed by atoms with Crippen molar-refractivity contribution in [1.82, 2.24) is 9.88 Å². The van der Waals surface area contributed by atoms with Gasteiger partial charge in [-0.1, -0.05) is 12.1 Å². The quantitative estimate of drug-likeness (QED) is 0.766. The molecule has 0 radical (unpaired) electrons. The Kier molecular flexibility index (Phi) is 4.96. The highest BCUT2D eigenvalue weighted by Gasteiger charge is 2.57. The molecule has 3 unspecified atom stereocenters. The summed E-state index contributed by atoms with van der Waals surface area (Å²) in [6.45, 7) is 1.66. The molecule has 1 aromatic heterocycles. The van der Waals surface area contributed by atoms with Gasteiger partial charge in [-0.15, -0.1) is 0 Å². The van der Waals surface area contributed by atoms with Crippen LogP contribution in [0.3, 0.4) is 0 Å². The minimum absolute atomic E-state index is 0.0426. The van der Waals surface area contributed by atoms with Crippen molar-refractivity contribution in [3.63, 3.8) is 0 Å². The van der Waals surface area contributed by atoms with Crippen molar-refractivity contribution in [1.29, 1.82) is 0 Å². The molecule has 30 heavy (non-hydrogen) atoms. The van der Waals surface area contributed by atoms with E-state index in [4.69, 9.17) is 18.9 Å². The molecule has 1 spiro atoms. The van der Waals surface area contributed by atoms with E-state index in [1.807, 2.05) is 18.3 Å². The van der Waals surface area contributed by atoms with Gasteiger partial charge in [0.05, 0.1) is 20.8 Å². The van der Waals surface area contributed by atoms with Crippen LogP contribution in [-0.4, -0.2) is 56.1 Å². The number of aromatic nitrogens is 1. The SMILES string of the molecule is COc1ccc(C23CCN(C)C2CC2(CC3)OC[C@H](c3cccnc3)O2)cc1OC. The molecular weight excluding hydrogens is 380 g/mol. The maximum absolute atomic E-state index is 6.56. The molecule has 4 atom stereocenters. The molecule has 2 aromatic rings. The Bertz CT molecular complexity index is 907. The molecule has 1 aromatic carbocycles. The van der Waals surface area contributed by atoms with Crippen molar-refractivity contribution in [2.75, 3.05) is 34.4 Å². The van der Waals surface area contributed by atoms with E-state index in [0.717, 1.165) is 49.3 Å². The van der Waals surface area contributed by atoms with E-state index < -0.39 is 5.79 Å². The van der Waals surface area contributed by atoms with Crippen molar-refractivity contribution >= 4 is 0 Å². The number of benzene rings is 1. The summed E-state index contributed by atoms with van der Waals surface area (Å²) in [6.07, 6.45) is 7.55. The monoisotopic (exact) mass is 410 g/mol. The van der Waals surface area contributed by atoms with E-state index in [0.29, 0.717) is 12.6 Å². The summed E-state index contributed by atoms with van der Waals surface area (Å²) in [7, 11) is 5.60. The molecular formula is C24H30N2O4. The van der Waals surface area contributed by atoms with Crippen molar-refractivity contribution in [2.45, 2.75) is 49.0 Å². The van der Waals surface area contributed by atoms with Gasteiger partial charge < -0.3 is 23.8 Å². The van der Waals surface area contributed by atoms with Crippen LogP contribution < -0.4 is 9.47 Å². The Morgan fingerprint density at radius 2 is 1.97 bits per heavy atom. The van der Waals surface area contributed by atoms with Gasteiger partial charge in [-0.25, -0.2) is 0 Å². The van der Waals surface area contributed by atoms with Crippen LogP contribution in [0.2, 0.25) is 0 Å². The summed E-state index contributed by atoms with van der Waals surface area (Å²) >= 11 is 0. The van der Waals surface area contributed by atoms with Crippen molar-refractivity contribution in [3.8, 4) is 11.5 Å². The van der Waals surface area contributed by atoms with Gasteiger partial charge in [0.2, 0.25) is 0 Å². The molecule has 160 valence electrons. The number of hydrogen-bond acceptors (Lipinski definition) is 6. The molecule has 0 bridgehead atoms. The highest BCUT2D eigenvalue weighted by atomic mass is 16.7. The van der Waals surface area contributed by atoms with Crippen LogP contribution in [0, 0.1) is 0 Å². The molecule has 0 N–H and O–H groups in total. The third-order valence-electron chi connectivity index (χ3n) is 7.41. The number of fused-ring (bicyclic) bond motifs is 1. The Balaban J connectivity index is 1.42. The second-order valence-corrected chi connectivity index (χ2v) is 8.79. The predicted octanol–water partition coefficient (Wildman–Crippen LogP) is 3.71. The number of nitrogens with zero attached hydrogens (tertiary/aromatic N) is 2. The van der Waals surface area contributed by atoms with Crippen molar-refractivity contribution in [3.05, 3.63) is 53.9 Å². The average molecular weight is 411 g/mol. The average Bonchev–Trinajstić information content (AvgIpc) is 3.36. The first-order chi connectivity index (χ1) is 14.6. The fourth-order valence-corrected chi connectivity index (χ4v) is 5.72. The number of ether oxygens (including phenoxy) is 4. The third-order valence-corrected chi connectivity index (χ3v) is 7.41. The zero-order chi connectivity index (χ0) is 20.8. The van der Waals surface area contributed by atoms with Gasteiger partial charge in [0.1, 0.15) is 6.10 Å². The Morgan fingerprint density at radius 1 is 1.10 bits per heavy atom. The highest BCUT2D eigenvalue weighted by Crippen LogP contribution is 2.55. The largest absolute Gasteiger partial charge is 0.493 e. The second-order valence-electron chi connectivity index (χ2n) is 8.79. The minimum Gasteiger partial charge on any atom is -0.493 e. The van der Waals surface area contributed by atoms with E-state index in [2.05, 4.69) is 35.1 Å². The van der Waals surface area contributed by atoms with Crippen LogP contribution in [0.25, 0.3) is 0 Å². The van der Waals surface area contributed by atoms with E-state index in [1.165, 1.54) is 5.56 Å². The molecule has 1 aliphatic carbocycles. The molecule has 6 nitrogen and oxygen atoms in total. The normalized spacial score (nSPS) is 33.6. The van der Waals surface area contributed by atoms with E-state index >= 15 is 0 Å². The van der Waals surface area contributed by atoms with Gasteiger partial charge in [0.15, 0.2) is 17.3 Å². The summed E-state index contributed by atoms with van der Waals surface area (Å²) in [5.74, 6) is 1.06. The number of methoxy groups -OCH3 is 2. The van der Waals surface area contributed by atoms with Crippen LogP contribution in [0.5, 0.6) is 11.5 Å². The van der Waals surface area contributed by atoms with Gasteiger partial charge in [-0.2, -0.15) is 0 Å². The number of likely N-dealkylation sites (N-methyl/N-ethyl adjacent to an activating group) is 1. The predicted molar refractivity (Wildman–Crippen MR) is 113 cm³/mol. The summed E-state index contributed by atoms with van der Waals surface area (Å²) in [6, 6.07) is 10.8. The lowest BCUT2D eigenvalue weighted by Crippen LogP contribution is -2.52. The molecule has 3 fully saturated rings. The van der Waals surface area contributed by atoms with Gasteiger partial charge in [0, 0.05) is 42.3 Å². The van der Waals surface area contributed by atoms with E-state index in [1.54, 1.807) is 20.4 Å². The minimum atomic E-state index is -0.510. The molecule has 6 heteroatoms. The maximum Gasteiger partial charge on any atom is 0.170 e. The Labute approximate surface area is 178 Å². The first kappa shape index (κ1) is 19.8. The maximum atomic E-state index is 6.56.